The highest BCUT2D eigenvalue weighted by molar-refractivity contribution is 7.93. The van der Waals surface area contributed by atoms with Gasteiger partial charge in [-0.3, -0.25) is 9.10 Å². The zero-order valence-corrected chi connectivity index (χ0v) is 24.4. The van der Waals surface area contributed by atoms with E-state index in [1.807, 2.05) is 0 Å². The first-order valence-electron chi connectivity index (χ1n) is 13.5. The predicted octanol–water partition coefficient (Wildman–Crippen LogP) is 5.50. The normalized spacial score (nSPS) is 17.0. The lowest BCUT2D eigenvalue weighted by molar-refractivity contribution is -0.137. The van der Waals surface area contributed by atoms with Crippen molar-refractivity contribution in [2.75, 3.05) is 24.1 Å². The van der Waals surface area contributed by atoms with E-state index in [1.54, 1.807) is 49.5 Å². The van der Waals surface area contributed by atoms with Crippen molar-refractivity contribution in [3.8, 4) is 11.6 Å². The third-order valence-electron chi connectivity index (χ3n) is 7.12. The maximum atomic E-state index is 14.6. The maximum Gasteiger partial charge on any atom is 0.303 e. The van der Waals surface area contributed by atoms with Crippen LogP contribution in [0.1, 0.15) is 55.2 Å². The number of pyridine rings is 1. The number of anilines is 1. The Morgan fingerprint density at radius 2 is 2.05 bits per heavy atom. The largest absolute Gasteiger partial charge is 0.486 e. The number of benzene rings is 2. The van der Waals surface area contributed by atoms with Crippen LogP contribution in [-0.4, -0.2) is 55.4 Å². The molecular formula is C30H30ClFN2O7S. The number of rotatable bonds is 11. The van der Waals surface area contributed by atoms with Crippen molar-refractivity contribution in [3.05, 3.63) is 76.2 Å². The monoisotopic (exact) mass is 616 g/mol. The van der Waals surface area contributed by atoms with E-state index in [0.717, 1.165) is 18.4 Å². The van der Waals surface area contributed by atoms with Crippen LogP contribution in [0.15, 0.2) is 53.6 Å². The molecule has 9 nitrogen and oxygen atoms in total. The molecule has 1 aliphatic heterocycles. The van der Waals surface area contributed by atoms with Crippen molar-refractivity contribution in [2.45, 2.75) is 49.5 Å². The van der Waals surface area contributed by atoms with Gasteiger partial charge in [-0.2, -0.15) is 0 Å². The Morgan fingerprint density at radius 1 is 1.26 bits per heavy atom. The molecule has 3 aromatic rings. The van der Waals surface area contributed by atoms with Gasteiger partial charge >= 0.3 is 5.97 Å². The SMILES string of the molecule is CC(=Cc1ccc2c(c1)N(S(=O)(=O)c1cc(C3CC3)cnc1OCCO)CC(CCC(=O)O)O2)c1c(F)cccc1Cl. The molecule has 42 heavy (non-hydrogen) atoms. The molecule has 1 saturated carbocycles. The minimum atomic E-state index is -4.31. The van der Waals surface area contributed by atoms with Crippen molar-refractivity contribution < 1.29 is 37.3 Å². The number of allylic oxidation sites excluding steroid dienone is 1. The first-order valence-corrected chi connectivity index (χ1v) is 15.3. The van der Waals surface area contributed by atoms with Crippen LogP contribution in [0.2, 0.25) is 5.02 Å². The van der Waals surface area contributed by atoms with Gasteiger partial charge in [-0.05, 0) is 79.1 Å². The third kappa shape index (κ3) is 6.38. The molecule has 0 amide bonds. The van der Waals surface area contributed by atoms with Gasteiger partial charge in [-0.25, -0.2) is 17.8 Å². The van der Waals surface area contributed by atoms with Gasteiger partial charge in [0.1, 0.15) is 29.2 Å². The summed E-state index contributed by atoms with van der Waals surface area (Å²) in [5, 5.41) is 18.8. The first-order chi connectivity index (χ1) is 20.1. The Hall–Kier alpha value is -3.67. The number of aliphatic carboxylic acids is 1. The predicted molar refractivity (Wildman–Crippen MR) is 156 cm³/mol. The van der Waals surface area contributed by atoms with E-state index < -0.39 is 27.9 Å². The molecule has 2 heterocycles. The quantitative estimate of drug-likeness (QED) is 0.270. The Kier molecular flexibility index (Phi) is 8.72. The summed E-state index contributed by atoms with van der Waals surface area (Å²) in [5.41, 5.74) is 2.34. The van der Waals surface area contributed by atoms with Crippen LogP contribution >= 0.6 is 11.6 Å². The molecule has 12 heteroatoms. The molecule has 0 bridgehead atoms. The Balaban J connectivity index is 1.59. The summed E-state index contributed by atoms with van der Waals surface area (Å²) in [5.74, 6) is -1.18. The average molecular weight is 617 g/mol. The smallest absolute Gasteiger partial charge is 0.303 e. The number of carboxylic acids is 1. The maximum absolute atomic E-state index is 14.6. The van der Waals surface area contributed by atoms with Gasteiger partial charge < -0.3 is 19.7 Å². The zero-order valence-electron chi connectivity index (χ0n) is 22.8. The van der Waals surface area contributed by atoms with Crippen LogP contribution in [0.25, 0.3) is 11.6 Å². The summed E-state index contributed by atoms with van der Waals surface area (Å²) in [6, 6.07) is 10.9. The van der Waals surface area contributed by atoms with E-state index >= 15 is 0 Å². The van der Waals surface area contributed by atoms with Crippen LogP contribution in [0, 0.1) is 5.82 Å². The third-order valence-corrected chi connectivity index (χ3v) is 9.21. The van der Waals surface area contributed by atoms with Crippen LogP contribution in [-0.2, 0) is 14.8 Å². The molecule has 2 aromatic carbocycles. The van der Waals surface area contributed by atoms with Crippen molar-refractivity contribution in [3.63, 3.8) is 0 Å². The number of hydrogen-bond donors (Lipinski definition) is 2. The molecule has 2 aliphatic rings. The number of fused-ring (bicyclic) bond motifs is 1. The fourth-order valence-corrected chi connectivity index (χ4v) is 6.85. The Bertz CT molecular complexity index is 1620. The van der Waals surface area contributed by atoms with E-state index in [4.69, 9.17) is 21.1 Å². The lowest BCUT2D eigenvalue weighted by Crippen LogP contribution is -2.44. The summed E-state index contributed by atoms with van der Waals surface area (Å²) < 4.78 is 56.0. The minimum absolute atomic E-state index is 0.0849. The van der Waals surface area contributed by atoms with E-state index in [1.165, 1.54) is 16.4 Å². The van der Waals surface area contributed by atoms with Gasteiger partial charge in [-0.1, -0.05) is 29.8 Å². The van der Waals surface area contributed by atoms with Crippen molar-refractivity contribution >= 4 is 44.9 Å². The van der Waals surface area contributed by atoms with E-state index in [0.29, 0.717) is 11.1 Å². The zero-order chi connectivity index (χ0) is 30.0. The second-order valence-electron chi connectivity index (χ2n) is 10.3. The summed E-state index contributed by atoms with van der Waals surface area (Å²) in [6.45, 7) is 1.08. The molecule has 0 saturated heterocycles. The molecule has 0 radical (unpaired) electrons. The number of ether oxygens (including phenoxy) is 2. The first kappa shape index (κ1) is 29.8. The fraction of sp³-hybridized carbons (Fsp3) is 0.333. The van der Waals surface area contributed by atoms with Crippen LogP contribution in [0.3, 0.4) is 0 Å². The minimum Gasteiger partial charge on any atom is -0.486 e. The molecule has 1 aliphatic carbocycles. The lowest BCUT2D eigenvalue weighted by Gasteiger charge is -2.36. The van der Waals surface area contributed by atoms with Gasteiger partial charge in [0.2, 0.25) is 5.88 Å². The topological polar surface area (TPSA) is 126 Å². The second kappa shape index (κ2) is 12.3. The van der Waals surface area contributed by atoms with Crippen molar-refractivity contribution in [1.82, 2.24) is 4.98 Å². The van der Waals surface area contributed by atoms with E-state index in [9.17, 15) is 27.8 Å². The highest BCUT2D eigenvalue weighted by atomic mass is 35.5. The summed E-state index contributed by atoms with van der Waals surface area (Å²) in [6.07, 6.45) is 4.28. The molecular weight excluding hydrogens is 587 g/mol. The second-order valence-corrected chi connectivity index (χ2v) is 12.5. The van der Waals surface area contributed by atoms with Crippen LogP contribution in [0.4, 0.5) is 10.1 Å². The summed E-state index contributed by atoms with van der Waals surface area (Å²) in [4.78, 5) is 15.4. The molecule has 1 atom stereocenters. The summed E-state index contributed by atoms with van der Waals surface area (Å²) in [7, 11) is -4.31. The van der Waals surface area contributed by atoms with E-state index in [2.05, 4.69) is 4.98 Å². The number of carboxylic acid groups (broad SMARTS) is 1. The molecule has 5 rings (SSSR count). The fourth-order valence-electron chi connectivity index (χ4n) is 4.92. The standard InChI is InChI=1S/C30H30ClFN2O7S/c1-18(29-23(31)3-2-4-24(29)32)13-19-5-9-26-25(14-19)34(17-22(41-26)8-10-28(36)37)42(38,39)27-15-21(20-6-7-20)16-33-30(27)40-12-11-35/h2-5,9,13-16,20,22,35H,6-8,10-12,17H2,1H3,(H,36,37). The van der Waals surface area contributed by atoms with Gasteiger partial charge in [-0.15, -0.1) is 0 Å². The molecule has 1 fully saturated rings. The summed E-state index contributed by atoms with van der Waals surface area (Å²) >= 11 is 6.25. The molecule has 0 spiro atoms. The Labute approximate surface area is 248 Å². The lowest BCUT2D eigenvalue weighted by atomic mass is 10.0. The number of carbonyl (C=O) groups is 1. The van der Waals surface area contributed by atoms with Crippen LogP contribution in [0.5, 0.6) is 11.6 Å². The number of sulfonamides is 1. The number of nitrogens with zero attached hydrogens (tertiary/aromatic N) is 2. The van der Waals surface area contributed by atoms with Gasteiger partial charge in [0, 0.05) is 18.2 Å². The van der Waals surface area contributed by atoms with Gasteiger partial charge in [0.25, 0.3) is 10.0 Å². The number of halogens is 2. The van der Waals surface area contributed by atoms with Crippen molar-refractivity contribution in [1.29, 1.82) is 0 Å². The number of hydrogen-bond acceptors (Lipinski definition) is 7. The number of aliphatic hydroxyl groups excluding tert-OH is 1. The molecule has 222 valence electrons. The molecule has 2 N–H and O–H groups in total. The highest BCUT2D eigenvalue weighted by Gasteiger charge is 2.38. The highest BCUT2D eigenvalue weighted by Crippen LogP contribution is 2.44. The molecule has 1 aromatic heterocycles. The number of aliphatic hydroxyl groups is 1. The van der Waals surface area contributed by atoms with E-state index in [-0.39, 0.29) is 71.3 Å². The van der Waals surface area contributed by atoms with Gasteiger partial charge in [0.15, 0.2) is 0 Å². The average Bonchev–Trinajstić information content (AvgIpc) is 3.80. The number of aromatic nitrogens is 1. The van der Waals surface area contributed by atoms with Crippen LogP contribution < -0.4 is 13.8 Å². The molecule has 1 unspecified atom stereocenters. The Morgan fingerprint density at radius 3 is 2.74 bits per heavy atom. The van der Waals surface area contributed by atoms with Crippen molar-refractivity contribution in [2.24, 2.45) is 0 Å². The van der Waals surface area contributed by atoms with Gasteiger partial charge in [0.05, 0.1) is 23.9 Å².